The quantitative estimate of drug-likeness (QED) is 0.379. The zero-order valence-electron chi connectivity index (χ0n) is 17.2. The number of aromatic amines is 2. The molecule has 3 heterocycles. The van der Waals surface area contributed by atoms with Crippen LogP contribution in [-0.4, -0.2) is 34.5 Å². The molecular weight excluding hydrogens is 423 g/mol. The lowest BCUT2D eigenvalue weighted by Gasteiger charge is -2.12. The summed E-state index contributed by atoms with van der Waals surface area (Å²) < 4.78 is 18.0. The molecule has 0 aliphatic heterocycles. The summed E-state index contributed by atoms with van der Waals surface area (Å²) in [6.45, 7) is 0.224. The van der Waals surface area contributed by atoms with Crippen molar-refractivity contribution in [2.24, 2.45) is 0 Å². The van der Waals surface area contributed by atoms with Crippen molar-refractivity contribution in [2.75, 3.05) is 5.32 Å². The summed E-state index contributed by atoms with van der Waals surface area (Å²) in [7, 11) is 0. The van der Waals surface area contributed by atoms with Gasteiger partial charge in [-0.05, 0) is 42.5 Å². The first-order valence-corrected chi connectivity index (χ1v) is 10.2. The van der Waals surface area contributed by atoms with E-state index in [9.17, 15) is 9.18 Å². The number of para-hydroxylation sites is 1. The largest absolute Gasteiger partial charge is 0.351 e. The van der Waals surface area contributed by atoms with Gasteiger partial charge >= 0.3 is 5.69 Å². The minimum Gasteiger partial charge on any atom is -0.351 e. The van der Waals surface area contributed by atoms with Gasteiger partial charge in [-0.25, -0.2) is 18.9 Å². The lowest BCUT2D eigenvalue weighted by molar-refractivity contribution is 0.630. The molecule has 6 rings (SSSR count). The number of benzene rings is 3. The molecule has 0 unspecified atom stereocenters. The van der Waals surface area contributed by atoms with Gasteiger partial charge in [0.05, 0.1) is 28.6 Å². The van der Waals surface area contributed by atoms with E-state index in [1.54, 1.807) is 47.4 Å². The summed E-state index contributed by atoms with van der Waals surface area (Å²) in [6, 6.07) is 19.3. The second-order valence-corrected chi connectivity index (χ2v) is 7.49. The number of hydrogen-bond donors (Lipinski definition) is 3. The van der Waals surface area contributed by atoms with E-state index in [0.717, 1.165) is 22.1 Å². The van der Waals surface area contributed by atoms with Crippen LogP contribution in [0.1, 0.15) is 0 Å². The highest BCUT2D eigenvalue weighted by Crippen LogP contribution is 2.31. The number of aromatic nitrogens is 7. The summed E-state index contributed by atoms with van der Waals surface area (Å²) >= 11 is 0. The Morgan fingerprint density at radius 1 is 1.00 bits per heavy atom. The zero-order valence-corrected chi connectivity index (χ0v) is 17.2. The fourth-order valence-corrected chi connectivity index (χ4v) is 3.97. The number of rotatable bonds is 5. The Labute approximate surface area is 185 Å². The molecule has 10 heteroatoms. The number of H-pyrrole nitrogens is 2. The second-order valence-electron chi connectivity index (χ2n) is 7.49. The van der Waals surface area contributed by atoms with Crippen LogP contribution in [0, 0.1) is 5.82 Å². The van der Waals surface area contributed by atoms with Crippen molar-refractivity contribution in [3.63, 3.8) is 0 Å². The average Bonchev–Trinajstić information content (AvgIpc) is 3.54. The third-order valence-electron chi connectivity index (χ3n) is 5.51. The van der Waals surface area contributed by atoms with E-state index in [1.807, 2.05) is 24.3 Å². The number of nitrogens with one attached hydrogen (secondary N) is 3. The van der Waals surface area contributed by atoms with Crippen molar-refractivity contribution < 1.29 is 4.39 Å². The SMILES string of the molecule is O=c1[nH]c(NCn2nnc3ccccc32)c(-c2ccccc2F)n1-c1ccc2nc[nH]c2c1. The molecule has 0 fully saturated rings. The third-order valence-corrected chi connectivity index (χ3v) is 5.51. The number of nitrogens with zero attached hydrogens (tertiary/aromatic N) is 5. The van der Waals surface area contributed by atoms with Crippen molar-refractivity contribution in [3.8, 4) is 16.9 Å². The van der Waals surface area contributed by atoms with Gasteiger partial charge in [-0.3, -0.25) is 9.55 Å². The van der Waals surface area contributed by atoms with Crippen molar-refractivity contribution in [1.29, 1.82) is 0 Å². The summed E-state index contributed by atoms with van der Waals surface area (Å²) in [5, 5.41) is 11.5. The van der Waals surface area contributed by atoms with E-state index in [0.29, 0.717) is 17.2 Å². The van der Waals surface area contributed by atoms with Gasteiger partial charge in [-0.2, -0.15) is 0 Å². The molecule has 0 radical (unpaired) electrons. The van der Waals surface area contributed by atoms with E-state index in [1.165, 1.54) is 10.6 Å². The maximum Gasteiger partial charge on any atom is 0.332 e. The fraction of sp³-hybridized carbons (Fsp3) is 0.0435. The van der Waals surface area contributed by atoms with Crippen molar-refractivity contribution >= 4 is 27.9 Å². The molecule has 0 aliphatic rings. The molecule has 0 amide bonds. The Bertz CT molecular complexity index is 1680. The summed E-state index contributed by atoms with van der Waals surface area (Å²) in [6.07, 6.45) is 1.58. The molecule has 3 N–H and O–H groups in total. The smallest absolute Gasteiger partial charge is 0.332 e. The summed E-state index contributed by atoms with van der Waals surface area (Å²) in [5.41, 5.74) is 3.96. The first-order chi connectivity index (χ1) is 16.2. The maximum atomic E-state index is 14.9. The summed E-state index contributed by atoms with van der Waals surface area (Å²) in [4.78, 5) is 23.2. The zero-order chi connectivity index (χ0) is 22.4. The Morgan fingerprint density at radius 3 is 2.76 bits per heavy atom. The van der Waals surface area contributed by atoms with Crippen LogP contribution in [-0.2, 0) is 6.67 Å². The lowest BCUT2D eigenvalue weighted by Crippen LogP contribution is -2.15. The van der Waals surface area contributed by atoms with Crippen LogP contribution in [0.25, 0.3) is 39.0 Å². The van der Waals surface area contributed by atoms with Gasteiger partial charge in [0, 0.05) is 5.56 Å². The fourth-order valence-electron chi connectivity index (χ4n) is 3.97. The number of imidazole rings is 2. The predicted octanol–water partition coefficient (Wildman–Crippen LogP) is 3.66. The Kier molecular flexibility index (Phi) is 4.29. The molecule has 0 saturated carbocycles. The van der Waals surface area contributed by atoms with Crippen LogP contribution >= 0.6 is 0 Å². The van der Waals surface area contributed by atoms with Crippen LogP contribution in [0.3, 0.4) is 0 Å². The van der Waals surface area contributed by atoms with E-state index in [4.69, 9.17) is 0 Å². The van der Waals surface area contributed by atoms with Gasteiger partial charge in [0.15, 0.2) is 0 Å². The molecule has 0 atom stereocenters. The topological polar surface area (TPSA) is 109 Å². The molecule has 0 spiro atoms. The van der Waals surface area contributed by atoms with Gasteiger partial charge in [0.2, 0.25) is 0 Å². The number of anilines is 1. The molecule has 3 aromatic carbocycles. The van der Waals surface area contributed by atoms with Crippen LogP contribution in [0.4, 0.5) is 10.2 Å². The number of fused-ring (bicyclic) bond motifs is 2. The van der Waals surface area contributed by atoms with Gasteiger partial charge in [0.1, 0.15) is 29.5 Å². The van der Waals surface area contributed by atoms with Crippen molar-refractivity contribution in [1.82, 2.24) is 34.5 Å². The molecule has 6 aromatic rings. The number of halogens is 1. The highest BCUT2D eigenvalue weighted by molar-refractivity contribution is 5.80. The van der Waals surface area contributed by atoms with Crippen LogP contribution in [0.5, 0.6) is 0 Å². The molecule has 33 heavy (non-hydrogen) atoms. The maximum absolute atomic E-state index is 14.9. The normalized spacial score (nSPS) is 11.4. The molecule has 162 valence electrons. The van der Waals surface area contributed by atoms with Crippen LogP contribution in [0.15, 0.2) is 77.9 Å². The lowest BCUT2D eigenvalue weighted by atomic mass is 10.1. The Morgan fingerprint density at radius 2 is 1.85 bits per heavy atom. The van der Waals surface area contributed by atoms with E-state index >= 15 is 0 Å². The molecule has 0 saturated heterocycles. The summed E-state index contributed by atoms with van der Waals surface area (Å²) in [5.74, 6) is -0.0727. The first kappa shape index (κ1) is 19.0. The third kappa shape index (κ3) is 3.16. The first-order valence-electron chi connectivity index (χ1n) is 10.2. The van der Waals surface area contributed by atoms with Gasteiger partial charge < -0.3 is 10.3 Å². The van der Waals surface area contributed by atoms with E-state index in [2.05, 4.69) is 30.6 Å². The monoisotopic (exact) mass is 440 g/mol. The van der Waals surface area contributed by atoms with Crippen molar-refractivity contribution in [3.05, 3.63) is 89.4 Å². The molecule has 9 nitrogen and oxygen atoms in total. The standard InChI is InChI=1S/C23H17FN8O/c24-16-6-2-1-5-15(16)21-22(27-13-31-20-8-4-3-7-18(20)29-30-31)28-23(33)32(21)14-9-10-17-19(11-14)26-12-25-17/h1-12,27H,13H2,(H,25,26)(H,28,33). The molecule has 3 aromatic heterocycles. The molecule has 0 aliphatic carbocycles. The highest BCUT2D eigenvalue weighted by Gasteiger charge is 2.21. The van der Waals surface area contributed by atoms with E-state index < -0.39 is 11.5 Å². The molecule has 0 bridgehead atoms. The predicted molar refractivity (Wildman–Crippen MR) is 123 cm³/mol. The highest BCUT2D eigenvalue weighted by atomic mass is 19.1. The van der Waals surface area contributed by atoms with Gasteiger partial charge in [-0.1, -0.05) is 29.5 Å². The average molecular weight is 440 g/mol. The Hall–Kier alpha value is -4.73. The van der Waals surface area contributed by atoms with Crippen molar-refractivity contribution in [2.45, 2.75) is 6.67 Å². The molecular formula is C23H17FN8O. The van der Waals surface area contributed by atoms with Gasteiger partial charge in [0.25, 0.3) is 0 Å². The second kappa shape index (κ2) is 7.45. The van der Waals surface area contributed by atoms with E-state index in [-0.39, 0.29) is 12.2 Å². The number of hydrogen-bond acceptors (Lipinski definition) is 5. The Balaban J connectivity index is 1.49. The van der Waals surface area contributed by atoms with Gasteiger partial charge in [-0.15, -0.1) is 5.10 Å². The van der Waals surface area contributed by atoms with Crippen LogP contribution < -0.4 is 11.0 Å². The minimum absolute atomic E-state index is 0.224. The van der Waals surface area contributed by atoms with Crippen LogP contribution in [0.2, 0.25) is 0 Å². The minimum atomic E-state index is -0.442.